The van der Waals surface area contributed by atoms with E-state index in [1.807, 2.05) is 39.1 Å². The quantitative estimate of drug-likeness (QED) is 0.707. The van der Waals surface area contributed by atoms with Gasteiger partial charge in [0.25, 0.3) is 0 Å². The number of aromatic nitrogens is 1. The fourth-order valence-electron chi connectivity index (χ4n) is 2.23. The van der Waals surface area contributed by atoms with Crippen LogP contribution in [-0.4, -0.2) is 19.1 Å². The zero-order valence-electron chi connectivity index (χ0n) is 13.7. The molecule has 0 spiro atoms. The second kappa shape index (κ2) is 7.27. The Morgan fingerprint density at radius 1 is 1.09 bits per heavy atom. The van der Waals surface area contributed by atoms with Crippen LogP contribution in [0.2, 0.25) is 0 Å². The summed E-state index contributed by atoms with van der Waals surface area (Å²) < 4.78 is 6.41. The zero-order chi connectivity index (χ0) is 16.1. The third-order valence-corrected chi connectivity index (χ3v) is 4.41. The molecule has 0 fully saturated rings. The van der Waals surface area contributed by atoms with Crippen LogP contribution in [0.15, 0.2) is 36.4 Å². The SMILES string of the molecule is CC.CNc1ccc(-c2nc3ccc(OC)cc3s2)cc1C. The molecule has 2 aromatic carbocycles. The smallest absolute Gasteiger partial charge is 0.124 e. The molecule has 1 N–H and O–H groups in total. The number of aryl methyl sites for hydroxylation is 1. The van der Waals surface area contributed by atoms with Crippen LogP contribution in [-0.2, 0) is 0 Å². The molecule has 0 amide bonds. The minimum atomic E-state index is 0.870. The van der Waals surface area contributed by atoms with Gasteiger partial charge in [-0.3, -0.25) is 0 Å². The molecule has 1 heterocycles. The van der Waals surface area contributed by atoms with Gasteiger partial charge in [-0.1, -0.05) is 13.8 Å². The van der Waals surface area contributed by atoms with Crippen molar-refractivity contribution in [3.63, 3.8) is 0 Å². The van der Waals surface area contributed by atoms with Gasteiger partial charge >= 0.3 is 0 Å². The highest BCUT2D eigenvalue weighted by molar-refractivity contribution is 7.21. The number of hydrogen-bond donors (Lipinski definition) is 1. The van der Waals surface area contributed by atoms with E-state index in [9.17, 15) is 0 Å². The third-order valence-electron chi connectivity index (χ3n) is 3.34. The van der Waals surface area contributed by atoms with E-state index >= 15 is 0 Å². The molecular weight excluding hydrogens is 292 g/mol. The van der Waals surface area contributed by atoms with Gasteiger partial charge in [-0.05, 0) is 48.9 Å². The molecule has 0 aliphatic heterocycles. The largest absolute Gasteiger partial charge is 0.497 e. The first-order valence-electron chi connectivity index (χ1n) is 7.44. The summed E-state index contributed by atoms with van der Waals surface area (Å²) in [6.45, 7) is 6.10. The lowest BCUT2D eigenvalue weighted by atomic mass is 10.1. The van der Waals surface area contributed by atoms with Crippen LogP contribution in [0.5, 0.6) is 5.75 Å². The summed E-state index contributed by atoms with van der Waals surface area (Å²) in [5, 5.41) is 4.22. The van der Waals surface area contributed by atoms with E-state index < -0.39 is 0 Å². The molecule has 22 heavy (non-hydrogen) atoms. The summed E-state index contributed by atoms with van der Waals surface area (Å²) in [5.74, 6) is 0.870. The van der Waals surface area contributed by atoms with Crippen LogP contribution in [0.1, 0.15) is 19.4 Å². The van der Waals surface area contributed by atoms with Gasteiger partial charge in [0, 0.05) is 18.3 Å². The summed E-state index contributed by atoms with van der Waals surface area (Å²) in [6.07, 6.45) is 0. The van der Waals surface area contributed by atoms with Gasteiger partial charge in [0.15, 0.2) is 0 Å². The first kappa shape index (κ1) is 16.3. The van der Waals surface area contributed by atoms with Crippen LogP contribution in [0, 0.1) is 6.92 Å². The van der Waals surface area contributed by atoms with Crippen LogP contribution < -0.4 is 10.1 Å². The number of anilines is 1. The lowest BCUT2D eigenvalue weighted by Gasteiger charge is -2.05. The van der Waals surface area contributed by atoms with Crippen molar-refractivity contribution in [2.75, 3.05) is 19.5 Å². The second-order valence-corrected chi connectivity index (χ2v) is 5.66. The normalized spacial score (nSPS) is 10.0. The minimum absolute atomic E-state index is 0.870. The van der Waals surface area contributed by atoms with Crippen LogP contribution in [0.3, 0.4) is 0 Å². The Labute approximate surface area is 136 Å². The number of thiazole rings is 1. The van der Waals surface area contributed by atoms with Crippen LogP contribution in [0.4, 0.5) is 5.69 Å². The van der Waals surface area contributed by atoms with E-state index in [1.54, 1.807) is 18.4 Å². The van der Waals surface area contributed by atoms with Crippen LogP contribution >= 0.6 is 11.3 Å². The van der Waals surface area contributed by atoms with E-state index in [-0.39, 0.29) is 0 Å². The van der Waals surface area contributed by atoms with Crippen LogP contribution in [0.25, 0.3) is 20.8 Å². The molecule has 116 valence electrons. The van der Waals surface area contributed by atoms with Crippen molar-refractivity contribution in [3.8, 4) is 16.3 Å². The first-order valence-corrected chi connectivity index (χ1v) is 8.26. The Kier molecular flexibility index (Phi) is 5.39. The molecule has 3 nitrogen and oxygen atoms in total. The topological polar surface area (TPSA) is 34.2 Å². The molecule has 0 radical (unpaired) electrons. The lowest BCUT2D eigenvalue weighted by Crippen LogP contribution is -1.91. The van der Waals surface area contributed by atoms with E-state index in [1.165, 1.54) is 5.56 Å². The van der Waals surface area contributed by atoms with Crippen molar-refractivity contribution in [1.82, 2.24) is 4.98 Å². The highest BCUT2D eigenvalue weighted by Crippen LogP contribution is 2.33. The highest BCUT2D eigenvalue weighted by atomic mass is 32.1. The molecule has 0 saturated heterocycles. The Morgan fingerprint density at radius 3 is 2.50 bits per heavy atom. The molecule has 3 rings (SSSR count). The zero-order valence-corrected chi connectivity index (χ0v) is 14.5. The molecular formula is C18H22N2OS. The Hall–Kier alpha value is -2.07. The Bertz CT molecular complexity index is 765. The highest BCUT2D eigenvalue weighted by Gasteiger charge is 2.08. The van der Waals surface area contributed by atoms with Gasteiger partial charge in [-0.15, -0.1) is 11.3 Å². The molecule has 0 aliphatic rings. The summed E-state index contributed by atoms with van der Waals surface area (Å²) in [6, 6.07) is 12.3. The fourth-order valence-corrected chi connectivity index (χ4v) is 3.22. The van der Waals surface area contributed by atoms with E-state index in [0.717, 1.165) is 32.2 Å². The Balaban J connectivity index is 0.000000847. The maximum absolute atomic E-state index is 5.26. The average molecular weight is 314 g/mol. The van der Waals surface area contributed by atoms with Gasteiger partial charge in [-0.2, -0.15) is 0 Å². The first-order chi connectivity index (χ1) is 10.7. The number of rotatable bonds is 3. The van der Waals surface area contributed by atoms with E-state index in [4.69, 9.17) is 9.72 Å². The van der Waals surface area contributed by atoms with Crippen molar-refractivity contribution < 1.29 is 4.74 Å². The summed E-state index contributed by atoms with van der Waals surface area (Å²) in [7, 11) is 3.62. The molecule has 0 saturated carbocycles. The molecule has 0 atom stereocenters. The minimum Gasteiger partial charge on any atom is -0.497 e. The lowest BCUT2D eigenvalue weighted by molar-refractivity contribution is 0.415. The molecule has 3 aromatic rings. The number of hydrogen-bond acceptors (Lipinski definition) is 4. The molecule has 4 heteroatoms. The maximum Gasteiger partial charge on any atom is 0.124 e. The Morgan fingerprint density at radius 2 is 1.86 bits per heavy atom. The molecule has 0 aliphatic carbocycles. The van der Waals surface area contributed by atoms with Gasteiger partial charge < -0.3 is 10.1 Å². The monoisotopic (exact) mass is 314 g/mol. The van der Waals surface area contributed by atoms with Crippen molar-refractivity contribution in [2.45, 2.75) is 20.8 Å². The van der Waals surface area contributed by atoms with Gasteiger partial charge in [0.05, 0.1) is 17.3 Å². The molecule has 0 bridgehead atoms. The van der Waals surface area contributed by atoms with Gasteiger partial charge in [-0.25, -0.2) is 4.98 Å². The molecule has 1 aromatic heterocycles. The fraction of sp³-hybridized carbons (Fsp3) is 0.278. The number of ether oxygens (including phenoxy) is 1. The second-order valence-electron chi connectivity index (χ2n) is 4.63. The van der Waals surface area contributed by atoms with Crippen molar-refractivity contribution in [3.05, 3.63) is 42.0 Å². The predicted molar refractivity (Wildman–Crippen MR) is 97.2 cm³/mol. The summed E-state index contributed by atoms with van der Waals surface area (Å²) >= 11 is 1.69. The van der Waals surface area contributed by atoms with Gasteiger partial charge in [0.2, 0.25) is 0 Å². The predicted octanol–water partition coefficient (Wildman–Crippen LogP) is 5.35. The number of fused-ring (bicyclic) bond motifs is 1. The van der Waals surface area contributed by atoms with E-state index in [2.05, 4.69) is 30.4 Å². The standard InChI is InChI=1S/C16H16N2OS.C2H6/c1-10-8-11(4-6-13(10)17-2)16-18-14-7-5-12(19-3)9-15(14)20-16;1-2/h4-9,17H,1-3H3;1-2H3. The van der Waals surface area contributed by atoms with Crippen molar-refractivity contribution in [1.29, 1.82) is 0 Å². The third kappa shape index (κ3) is 3.22. The number of methoxy groups -OCH3 is 1. The maximum atomic E-state index is 5.26. The number of nitrogens with one attached hydrogen (secondary N) is 1. The van der Waals surface area contributed by atoms with Crippen molar-refractivity contribution >= 4 is 27.2 Å². The van der Waals surface area contributed by atoms with Gasteiger partial charge in [0.1, 0.15) is 10.8 Å². The van der Waals surface area contributed by atoms with Crippen molar-refractivity contribution in [2.24, 2.45) is 0 Å². The number of nitrogens with zero attached hydrogens (tertiary/aromatic N) is 1. The van der Waals surface area contributed by atoms with E-state index in [0.29, 0.717) is 0 Å². The number of benzene rings is 2. The summed E-state index contributed by atoms with van der Waals surface area (Å²) in [4.78, 5) is 4.70. The summed E-state index contributed by atoms with van der Waals surface area (Å²) in [5.41, 5.74) is 4.54. The molecule has 0 unspecified atom stereocenters. The average Bonchev–Trinajstić information content (AvgIpc) is 2.99.